The van der Waals surface area contributed by atoms with E-state index in [0.29, 0.717) is 0 Å². The Morgan fingerprint density at radius 3 is 2.48 bits per heavy atom. The van der Waals surface area contributed by atoms with Gasteiger partial charge in [-0.15, -0.1) is 0 Å². The molecule has 0 saturated heterocycles. The number of hydrogen-bond acceptors (Lipinski definition) is 3. The molecule has 1 atom stereocenters. The summed E-state index contributed by atoms with van der Waals surface area (Å²) < 4.78 is 6.11. The van der Waals surface area contributed by atoms with Gasteiger partial charge in [0.1, 0.15) is 17.6 Å². The number of hydrogen-bond donors (Lipinski definition) is 1. The van der Waals surface area contributed by atoms with Crippen LogP contribution in [0.1, 0.15) is 31.9 Å². The lowest BCUT2D eigenvalue weighted by atomic mass is 9.86. The van der Waals surface area contributed by atoms with Crippen molar-refractivity contribution in [1.29, 1.82) is 0 Å². The van der Waals surface area contributed by atoms with Gasteiger partial charge in [0, 0.05) is 19.5 Å². The zero-order valence-corrected chi connectivity index (χ0v) is 14.3. The highest BCUT2D eigenvalue weighted by Gasteiger charge is 2.24. The van der Waals surface area contributed by atoms with E-state index in [0.717, 1.165) is 24.4 Å². The molecular formula is C20H25NO2. The monoisotopic (exact) mass is 311 g/mol. The minimum atomic E-state index is 0.123. The lowest BCUT2D eigenvalue weighted by Crippen LogP contribution is -2.38. The van der Waals surface area contributed by atoms with Crippen LogP contribution in [0.4, 0.5) is 5.69 Å². The molecule has 2 aromatic carbocycles. The Morgan fingerprint density at radius 1 is 1.13 bits per heavy atom. The van der Waals surface area contributed by atoms with E-state index < -0.39 is 0 Å². The fourth-order valence-corrected chi connectivity index (χ4v) is 3.03. The first-order valence-corrected chi connectivity index (χ1v) is 8.13. The van der Waals surface area contributed by atoms with E-state index in [1.807, 2.05) is 13.1 Å². The van der Waals surface area contributed by atoms with Crippen molar-refractivity contribution in [3.05, 3.63) is 53.6 Å². The van der Waals surface area contributed by atoms with Crippen molar-refractivity contribution in [3.8, 4) is 11.5 Å². The summed E-state index contributed by atoms with van der Waals surface area (Å²) in [7, 11) is 2.04. The highest BCUT2D eigenvalue weighted by atomic mass is 16.5. The number of aromatic hydroxyl groups is 1. The lowest BCUT2D eigenvalue weighted by Gasteiger charge is -2.34. The predicted octanol–water partition coefficient (Wildman–Crippen LogP) is 4.13. The molecule has 1 aliphatic rings. The van der Waals surface area contributed by atoms with Gasteiger partial charge in [0.25, 0.3) is 0 Å². The first-order chi connectivity index (χ1) is 10.8. The smallest absolute Gasteiger partial charge is 0.143 e. The molecule has 23 heavy (non-hydrogen) atoms. The highest BCUT2D eigenvalue weighted by molar-refractivity contribution is 5.62. The van der Waals surface area contributed by atoms with Crippen LogP contribution < -0.4 is 9.64 Å². The van der Waals surface area contributed by atoms with E-state index in [1.165, 1.54) is 11.1 Å². The summed E-state index contributed by atoms with van der Waals surface area (Å²) in [5.74, 6) is 1.11. The Bertz CT molecular complexity index is 686. The van der Waals surface area contributed by atoms with E-state index in [2.05, 4.69) is 49.9 Å². The maximum absolute atomic E-state index is 9.62. The topological polar surface area (TPSA) is 32.7 Å². The average Bonchev–Trinajstić information content (AvgIpc) is 2.48. The van der Waals surface area contributed by atoms with Gasteiger partial charge in [0.2, 0.25) is 0 Å². The van der Waals surface area contributed by atoms with Gasteiger partial charge >= 0.3 is 0 Å². The third-order valence-electron chi connectivity index (χ3n) is 4.41. The number of likely N-dealkylation sites (N-methyl/N-ethyl adjacent to an activating group) is 1. The number of benzene rings is 2. The molecule has 1 aliphatic heterocycles. The third kappa shape index (κ3) is 3.44. The molecule has 1 unspecified atom stereocenters. The van der Waals surface area contributed by atoms with Crippen LogP contribution in [-0.2, 0) is 11.8 Å². The van der Waals surface area contributed by atoms with E-state index in [-0.39, 0.29) is 17.3 Å². The number of fused-ring (bicyclic) bond motifs is 1. The van der Waals surface area contributed by atoms with Crippen molar-refractivity contribution in [2.45, 2.75) is 38.7 Å². The minimum Gasteiger partial charge on any atom is -0.508 e. The molecule has 2 aromatic rings. The van der Waals surface area contributed by atoms with Crippen LogP contribution in [0.2, 0.25) is 0 Å². The SMILES string of the molecule is CN1CC(Cc2ccc(C(C)(C)C)cc2)Oc2ccc(O)cc21. The van der Waals surface area contributed by atoms with Crippen molar-refractivity contribution in [2.24, 2.45) is 0 Å². The molecular weight excluding hydrogens is 286 g/mol. The summed E-state index contributed by atoms with van der Waals surface area (Å²) in [4.78, 5) is 2.15. The molecule has 0 amide bonds. The fourth-order valence-electron chi connectivity index (χ4n) is 3.03. The van der Waals surface area contributed by atoms with Crippen LogP contribution >= 0.6 is 0 Å². The Kier molecular flexibility index (Phi) is 3.97. The van der Waals surface area contributed by atoms with Crippen LogP contribution in [0, 0.1) is 0 Å². The minimum absolute atomic E-state index is 0.123. The number of rotatable bonds is 2. The Hall–Kier alpha value is -2.16. The first-order valence-electron chi connectivity index (χ1n) is 8.13. The molecule has 0 aliphatic carbocycles. The lowest BCUT2D eigenvalue weighted by molar-refractivity contribution is 0.196. The zero-order valence-electron chi connectivity index (χ0n) is 14.3. The maximum Gasteiger partial charge on any atom is 0.143 e. The van der Waals surface area contributed by atoms with Gasteiger partial charge in [-0.05, 0) is 28.7 Å². The molecule has 122 valence electrons. The normalized spacial score (nSPS) is 17.6. The summed E-state index contributed by atoms with van der Waals surface area (Å²) in [6, 6.07) is 14.1. The van der Waals surface area contributed by atoms with Crippen LogP contribution in [-0.4, -0.2) is 24.8 Å². The van der Waals surface area contributed by atoms with Gasteiger partial charge in [-0.25, -0.2) is 0 Å². The van der Waals surface area contributed by atoms with Crippen molar-refractivity contribution in [3.63, 3.8) is 0 Å². The average molecular weight is 311 g/mol. The molecule has 0 fully saturated rings. The number of phenolic OH excluding ortho intramolecular Hbond substituents is 1. The highest BCUT2D eigenvalue weighted by Crippen LogP contribution is 2.35. The van der Waals surface area contributed by atoms with Crippen molar-refractivity contribution >= 4 is 5.69 Å². The van der Waals surface area contributed by atoms with Crippen LogP contribution in [0.25, 0.3) is 0 Å². The van der Waals surface area contributed by atoms with Gasteiger partial charge in [0.15, 0.2) is 0 Å². The molecule has 3 heteroatoms. The second-order valence-electron chi connectivity index (χ2n) is 7.42. The first kappa shape index (κ1) is 15.7. The fraction of sp³-hybridized carbons (Fsp3) is 0.400. The molecule has 3 nitrogen and oxygen atoms in total. The van der Waals surface area contributed by atoms with Gasteiger partial charge in [0.05, 0.1) is 12.2 Å². The Morgan fingerprint density at radius 2 is 1.83 bits per heavy atom. The second-order valence-corrected chi connectivity index (χ2v) is 7.42. The standard InChI is InChI=1S/C20H25NO2/c1-20(2,3)15-7-5-14(6-8-15)11-17-13-21(4)18-12-16(22)9-10-19(18)23-17/h5-10,12,17,22H,11,13H2,1-4H3. The Labute approximate surface area is 138 Å². The summed E-state index contributed by atoms with van der Waals surface area (Å²) in [5.41, 5.74) is 3.77. The number of phenols is 1. The number of ether oxygens (including phenoxy) is 1. The van der Waals surface area contributed by atoms with Crippen LogP contribution in [0.15, 0.2) is 42.5 Å². The zero-order chi connectivity index (χ0) is 16.6. The maximum atomic E-state index is 9.62. The summed E-state index contributed by atoms with van der Waals surface area (Å²) in [5, 5.41) is 9.62. The molecule has 0 aromatic heterocycles. The molecule has 1 N–H and O–H groups in total. The molecule has 1 heterocycles. The molecule has 0 radical (unpaired) electrons. The van der Waals surface area contributed by atoms with Crippen molar-refractivity contribution < 1.29 is 9.84 Å². The van der Waals surface area contributed by atoms with Gasteiger partial charge in [-0.1, -0.05) is 45.0 Å². The predicted molar refractivity (Wildman–Crippen MR) is 94.6 cm³/mol. The van der Waals surface area contributed by atoms with Crippen LogP contribution in [0.5, 0.6) is 11.5 Å². The molecule has 0 bridgehead atoms. The van der Waals surface area contributed by atoms with E-state index in [1.54, 1.807) is 12.1 Å². The summed E-state index contributed by atoms with van der Waals surface area (Å²) in [6.07, 6.45) is 1.01. The van der Waals surface area contributed by atoms with Gasteiger partial charge in [-0.2, -0.15) is 0 Å². The largest absolute Gasteiger partial charge is 0.508 e. The van der Waals surface area contributed by atoms with Crippen LogP contribution in [0.3, 0.4) is 0 Å². The summed E-state index contributed by atoms with van der Waals surface area (Å²) in [6.45, 7) is 7.51. The van der Waals surface area contributed by atoms with Gasteiger partial charge < -0.3 is 14.7 Å². The molecule has 0 saturated carbocycles. The molecule has 3 rings (SSSR count). The number of anilines is 1. The van der Waals surface area contributed by atoms with Gasteiger partial charge in [-0.3, -0.25) is 0 Å². The van der Waals surface area contributed by atoms with E-state index in [4.69, 9.17) is 4.74 Å². The van der Waals surface area contributed by atoms with E-state index >= 15 is 0 Å². The van der Waals surface area contributed by atoms with Crippen molar-refractivity contribution in [2.75, 3.05) is 18.5 Å². The molecule has 0 spiro atoms. The third-order valence-corrected chi connectivity index (χ3v) is 4.41. The van der Waals surface area contributed by atoms with Crippen molar-refractivity contribution in [1.82, 2.24) is 0 Å². The quantitative estimate of drug-likeness (QED) is 0.905. The van der Waals surface area contributed by atoms with E-state index in [9.17, 15) is 5.11 Å². The number of nitrogens with zero attached hydrogens (tertiary/aromatic N) is 1. The second kappa shape index (κ2) is 5.80. The summed E-state index contributed by atoms with van der Waals surface area (Å²) >= 11 is 0. The Balaban J connectivity index is 1.73.